The largest absolute Gasteiger partial charge is 0.289 e. The molecule has 0 atom stereocenters. The Kier molecular flexibility index (Phi) is 3.96. The van der Waals surface area contributed by atoms with Crippen molar-refractivity contribution in [3.8, 4) is 0 Å². The van der Waals surface area contributed by atoms with Gasteiger partial charge in [-0.05, 0) is 29.2 Å². The van der Waals surface area contributed by atoms with Gasteiger partial charge in [-0.3, -0.25) is 4.79 Å². The average molecular weight is 291 g/mol. The zero-order valence-corrected chi connectivity index (χ0v) is 12.5. The lowest BCUT2D eigenvalue weighted by Crippen LogP contribution is -2.17. The Balaban J connectivity index is 2.57. The van der Waals surface area contributed by atoms with Gasteiger partial charge in [0.15, 0.2) is 5.78 Å². The van der Waals surface area contributed by atoms with Crippen LogP contribution >= 0.6 is 11.6 Å². The van der Waals surface area contributed by atoms with Gasteiger partial charge in [-0.25, -0.2) is 4.39 Å². The smallest absolute Gasteiger partial charge is 0.194 e. The SMILES string of the molecule is CC(C)(C)c1ccccc1C(=O)c1cc(F)ccc1Cl. The number of rotatable bonds is 2. The van der Waals surface area contributed by atoms with E-state index in [1.807, 2.05) is 32.9 Å². The molecule has 0 amide bonds. The summed E-state index contributed by atoms with van der Waals surface area (Å²) in [5, 5.41) is 0.264. The third-order valence-electron chi connectivity index (χ3n) is 3.15. The number of benzene rings is 2. The second-order valence-electron chi connectivity index (χ2n) is 5.75. The maximum absolute atomic E-state index is 13.3. The van der Waals surface area contributed by atoms with E-state index in [1.54, 1.807) is 12.1 Å². The van der Waals surface area contributed by atoms with E-state index >= 15 is 0 Å². The van der Waals surface area contributed by atoms with Gasteiger partial charge in [-0.1, -0.05) is 56.6 Å². The molecule has 104 valence electrons. The highest BCUT2D eigenvalue weighted by Crippen LogP contribution is 2.29. The van der Waals surface area contributed by atoms with Crippen LogP contribution in [-0.2, 0) is 5.41 Å². The Labute approximate surface area is 123 Å². The first-order valence-corrected chi connectivity index (χ1v) is 6.78. The molecule has 2 aromatic rings. The van der Waals surface area contributed by atoms with Crippen molar-refractivity contribution < 1.29 is 9.18 Å². The maximum atomic E-state index is 13.3. The van der Waals surface area contributed by atoms with E-state index in [1.165, 1.54) is 18.2 Å². The van der Waals surface area contributed by atoms with Crippen LogP contribution in [0.2, 0.25) is 5.02 Å². The third kappa shape index (κ3) is 2.91. The summed E-state index contributed by atoms with van der Waals surface area (Å²) in [7, 11) is 0. The van der Waals surface area contributed by atoms with Gasteiger partial charge >= 0.3 is 0 Å². The van der Waals surface area contributed by atoms with Crippen LogP contribution in [0, 0.1) is 5.82 Å². The molecular formula is C17H16ClFO. The average Bonchev–Trinajstić information content (AvgIpc) is 2.40. The quantitative estimate of drug-likeness (QED) is 0.711. The van der Waals surface area contributed by atoms with Crippen molar-refractivity contribution in [2.45, 2.75) is 26.2 Å². The van der Waals surface area contributed by atoms with Gasteiger partial charge in [0, 0.05) is 11.1 Å². The number of ketones is 1. The number of hydrogen-bond donors (Lipinski definition) is 0. The van der Waals surface area contributed by atoms with Crippen molar-refractivity contribution >= 4 is 17.4 Å². The molecule has 0 aliphatic carbocycles. The lowest BCUT2D eigenvalue weighted by molar-refractivity contribution is 0.103. The molecule has 0 aliphatic heterocycles. The summed E-state index contributed by atoms with van der Waals surface area (Å²) in [6, 6.07) is 11.2. The molecule has 1 nitrogen and oxygen atoms in total. The molecule has 0 N–H and O–H groups in total. The Morgan fingerprint density at radius 1 is 1.05 bits per heavy atom. The molecule has 2 rings (SSSR count). The van der Waals surface area contributed by atoms with Crippen molar-refractivity contribution in [3.05, 3.63) is 70.0 Å². The molecule has 2 aromatic carbocycles. The van der Waals surface area contributed by atoms with E-state index in [0.29, 0.717) is 5.56 Å². The molecule has 20 heavy (non-hydrogen) atoms. The molecule has 0 radical (unpaired) electrons. The first kappa shape index (κ1) is 14.7. The van der Waals surface area contributed by atoms with Crippen LogP contribution in [0.15, 0.2) is 42.5 Å². The molecule has 0 saturated carbocycles. The molecule has 0 spiro atoms. The predicted octanol–water partition coefficient (Wildman–Crippen LogP) is 5.01. The minimum atomic E-state index is -0.467. The molecule has 0 aliphatic rings. The fraction of sp³-hybridized carbons (Fsp3) is 0.235. The van der Waals surface area contributed by atoms with Crippen LogP contribution in [0.25, 0.3) is 0 Å². The fourth-order valence-corrected chi connectivity index (χ4v) is 2.36. The van der Waals surface area contributed by atoms with Crippen LogP contribution in [0.3, 0.4) is 0 Å². The number of carbonyl (C=O) groups excluding carboxylic acids is 1. The van der Waals surface area contributed by atoms with Crippen LogP contribution < -0.4 is 0 Å². The topological polar surface area (TPSA) is 17.1 Å². The monoisotopic (exact) mass is 290 g/mol. The molecule has 0 saturated heterocycles. The Hall–Kier alpha value is -1.67. The second-order valence-corrected chi connectivity index (χ2v) is 6.16. The minimum Gasteiger partial charge on any atom is -0.289 e. The fourth-order valence-electron chi connectivity index (χ4n) is 2.15. The van der Waals surface area contributed by atoms with Crippen LogP contribution in [0.5, 0.6) is 0 Å². The number of hydrogen-bond acceptors (Lipinski definition) is 1. The van der Waals surface area contributed by atoms with Crippen molar-refractivity contribution in [2.75, 3.05) is 0 Å². The zero-order valence-electron chi connectivity index (χ0n) is 11.7. The van der Waals surface area contributed by atoms with Gasteiger partial charge < -0.3 is 0 Å². The molecule has 0 bridgehead atoms. The lowest BCUT2D eigenvalue weighted by atomic mass is 9.82. The summed E-state index contributed by atoms with van der Waals surface area (Å²) < 4.78 is 13.3. The van der Waals surface area contributed by atoms with E-state index in [-0.39, 0.29) is 21.8 Å². The zero-order chi connectivity index (χ0) is 14.9. The first-order valence-electron chi connectivity index (χ1n) is 6.40. The van der Waals surface area contributed by atoms with Gasteiger partial charge in [0.25, 0.3) is 0 Å². The molecule has 0 aromatic heterocycles. The summed E-state index contributed by atoms with van der Waals surface area (Å²) in [6.07, 6.45) is 0. The Morgan fingerprint density at radius 3 is 2.35 bits per heavy atom. The highest BCUT2D eigenvalue weighted by Gasteiger charge is 2.23. The maximum Gasteiger partial charge on any atom is 0.194 e. The molecule has 3 heteroatoms. The van der Waals surface area contributed by atoms with Gasteiger partial charge in [-0.2, -0.15) is 0 Å². The Bertz CT molecular complexity index is 656. The summed E-state index contributed by atoms with van der Waals surface area (Å²) in [5.41, 5.74) is 1.51. The molecule has 0 unspecified atom stereocenters. The normalized spacial score (nSPS) is 11.4. The highest BCUT2D eigenvalue weighted by molar-refractivity contribution is 6.35. The van der Waals surface area contributed by atoms with E-state index in [4.69, 9.17) is 11.6 Å². The summed E-state index contributed by atoms with van der Waals surface area (Å²) in [5.74, 6) is -0.717. The summed E-state index contributed by atoms with van der Waals surface area (Å²) >= 11 is 6.02. The van der Waals surface area contributed by atoms with Crippen molar-refractivity contribution in [1.82, 2.24) is 0 Å². The molecule has 0 fully saturated rings. The van der Waals surface area contributed by atoms with Gasteiger partial charge in [0.05, 0.1) is 5.02 Å². The second kappa shape index (κ2) is 5.37. The van der Waals surface area contributed by atoms with Crippen molar-refractivity contribution in [3.63, 3.8) is 0 Å². The van der Waals surface area contributed by atoms with Gasteiger partial charge in [0.2, 0.25) is 0 Å². The molecular weight excluding hydrogens is 275 g/mol. The van der Waals surface area contributed by atoms with E-state index < -0.39 is 5.82 Å². The minimum absolute atomic E-state index is 0.175. The number of carbonyl (C=O) groups is 1. The third-order valence-corrected chi connectivity index (χ3v) is 3.48. The lowest BCUT2D eigenvalue weighted by Gasteiger charge is -2.22. The number of halogens is 2. The van der Waals surface area contributed by atoms with Crippen LogP contribution in [0.1, 0.15) is 42.3 Å². The first-order chi connectivity index (χ1) is 9.30. The summed E-state index contributed by atoms with van der Waals surface area (Å²) in [6.45, 7) is 6.10. The van der Waals surface area contributed by atoms with Crippen molar-refractivity contribution in [2.24, 2.45) is 0 Å². The van der Waals surface area contributed by atoms with Crippen LogP contribution in [0.4, 0.5) is 4.39 Å². The predicted molar refractivity (Wildman–Crippen MR) is 80.0 cm³/mol. The highest BCUT2D eigenvalue weighted by atomic mass is 35.5. The van der Waals surface area contributed by atoms with Crippen molar-refractivity contribution in [1.29, 1.82) is 0 Å². The Morgan fingerprint density at radius 2 is 1.70 bits per heavy atom. The molecule has 0 heterocycles. The van der Waals surface area contributed by atoms with E-state index in [0.717, 1.165) is 5.56 Å². The van der Waals surface area contributed by atoms with Crippen LogP contribution in [-0.4, -0.2) is 5.78 Å². The standard InChI is InChI=1S/C17H16ClFO/c1-17(2,3)14-7-5-4-6-12(14)16(20)13-10-11(19)8-9-15(13)18/h4-10H,1-3H3. The van der Waals surface area contributed by atoms with Gasteiger partial charge in [-0.15, -0.1) is 0 Å². The summed E-state index contributed by atoms with van der Waals surface area (Å²) in [4.78, 5) is 12.6. The van der Waals surface area contributed by atoms with E-state index in [9.17, 15) is 9.18 Å². The van der Waals surface area contributed by atoms with Gasteiger partial charge in [0.1, 0.15) is 5.82 Å². The van der Waals surface area contributed by atoms with E-state index in [2.05, 4.69) is 0 Å².